The highest BCUT2D eigenvalue weighted by Crippen LogP contribution is 2.25. The number of rotatable bonds is 27. The van der Waals surface area contributed by atoms with Gasteiger partial charge in [-0.1, -0.05) is 13.8 Å². The first-order chi connectivity index (χ1) is 25.3. The molecule has 54 heavy (non-hydrogen) atoms. The first-order valence-electron chi connectivity index (χ1n) is 18.2. The van der Waals surface area contributed by atoms with Crippen molar-refractivity contribution in [3.8, 4) is 0 Å². The van der Waals surface area contributed by atoms with E-state index in [0.717, 1.165) is 0 Å². The number of alkyl carbamates (subject to hydrolysis) is 2. The van der Waals surface area contributed by atoms with Gasteiger partial charge in [0.05, 0.1) is 44.2 Å². The number of carbonyl (C=O) groups excluding carboxylic acids is 7. The predicted molar refractivity (Wildman–Crippen MR) is 204 cm³/mol. The molecule has 0 saturated heterocycles. The summed E-state index contributed by atoms with van der Waals surface area (Å²) in [5.41, 5.74) is -2.20. The SMILES string of the molecule is CCCC(=O)OCC(CC)(COC(=O)CCSCCC(=O)OCCNC(=O)OC(C)(C)C)COC(=O)CCSCCC(=O)OCCNC(=O)OC(C)(C)C. The van der Waals surface area contributed by atoms with Crippen LogP contribution in [0.15, 0.2) is 0 Å². The normalized spacial score (nSPS) is 11.5. The topological polar surface area (TPSA) is 208 Å². The monoisotopic (exact) mass is 810 g/mol. The Hall–Kier alpha value is -3.41. The number of thioether (sulfide) groups is 2. The van der Waals surface area contributed by atoms with Crippen LogP contribution >= 0.6 is 23.5 Å². The van der Waals surface area contributed by atoms with Gasteiger partial charge in [-0.25, -0.2) is 9.59 Å². The zero-order valence-corrected chi connectivity index (χ0v) is 34.9. The number of hydrogen-bond donors (Lipinski definition) is 2. The van der Waals surface area contributed by atoms with Crippen molar-refractivity contribution >= 4 is 65.6 Å². The Balaban J connectivity index is 4.51. The molecule has 0 rings (SSSR count). The first-order valence-corrected chi connectivity index (χ1v) is 20.5. The standard InChI is InChI=1S/C36H62N2O14S2/c1-9-11-27(39)48-24-36(10-2,25-49-30(42)14-22-53-20-12-28(40)46-18-16-37-32(44)51-34(3,4)5)26-50-31(43)15-23-54-21-13-29(41)47-19-17-38-33(45)52-35(6,7)8/h9-26H2,1-8H3,(H,37,44)(H,38,45). The molecule has 0 aliphatic carbocycles. The lowest BCUT2D eigenvalue weighted by atomic mass is 9.88. The molecule has 0 aromatic carbocycles. The molecule has 0 aromatic heterocycles. The Morgan fingerprint density at radius 3 is 1.09 bits per heavy atom. The second-order valence-electron chi connectivity index (χ2n) is 14.1. The van der Waals surface area contributed by atoms with Gasteiger partial charge in [0, 0.05) is 29.4 Å². The zero-order valence-electron chi connectivity index (χ0n) is 33.3. The van der Waals surface area contributed by atoms with Gasteiger partial charge < -0.3 is 43.8 Å². The van der Waals surface area contributed by atoms with Gasteiger partial charge >= 0.3 is 42.0 Å². The van der Waals surface area contributed by atoms with Crippen molar-refractivity contribution in [2.45, 2.75) is 112 Å². The number of ether oxygens (including phenoxy) is 7. The molecule has 0 unspecified atom stereocenters. The zero-order chi connectivity index (χ0) is 41.0. The van der Waals surface area contributed by atoms with E-state index in [1.165, 1.54) is 23.5 Å². The minimum atomic E-state index is -0.945. The quantitative estimate of drug-likeness (QED) is 0.0637. The van der Waals surface area contributed by atoms with Crippen LogP contribution in [0.1, 0.15) is 100 Å². The maximum atomic E-state index is 12.5. The Kier molecular flexibility index (Phi) is 26.3. The largest absolute Gasteiger partial charge is 0.465 e. The molecule has 0 aromatic rings. The summed E-state index contributed by atoms with van der Waals surface area (Å²) in [6.07, 6.45) is 0.418. The van der Waals surface area contributed by atoms with Crippen LogP contribution in [-0.2, 0) is 57.1 Å². The third-order valence-electron chi connectivity index (χ3n) is 6.69. The Labute approximate surface area is 328 Å². The van der Waals surface area contributed by atoms with E-state index in [2.05, 4.69) is 10.6 Å². The minimum absolute atomic E-state index is 0.00850. The summed E-state index contributed by atoms with van der Waals surface area (Å²) >= 11 is 2.75. The van der Waals surface area contributed by atoms with E-state index in [1.54, 1.807) is 41.5 Å². The maximum absolute atomic E-state index is 12.5. The summed E-state index contributed by atoms with van der Waals surface area (Å²) in [6, 6.07) is 0. The molecule has 0 bridgehead atoms. The van der Waals surface area contributed by atoms with Gasteiger partial charge in [-0.3, -0.25) is 24.0 Å². The van der Waals surface area contributed by atoms with Crippen molar-refractivity contribution in [1.82, 2.24) is 10.6 Å². The van der Waals surface area contributed by atoms with Crippen LogP contribution in [-0.4, -0.2) is 122 Å². The lowest BCUT2D eigenvalue weighted by molar-refractivity contribution is -0.162. The summed E-state index contributed by atoms with van der Waals surface area (Å²) < 4.78 is 36.9. The molecule has 0 saturated carbocycles. The van der Waals surface area contributed by atoms with Crippen LogP contribution in [0.3, 0.4) is 0 Å². The Bertz CT molecular complexity index is 1100. The van der Waals surface area contributed by atoms with E-state index >= 15 is 0 Å². The van der Waals surface area contributed by atoms with Crippen LogP contribution in [0.5, 0.6) is 0 Å². The molecule has 0 atom stereocenters. The molecule has 0 radical (unpaired) electrons. The van der Waals surface area contributed by atoms with E-state index in [0.29, 0.717) is 35.9 Å². The summed E-state index contributed by atoms with van der Waals surface area (Å²) in [7, 11) is 0. The van der Waals surface area contributed by atoms with Crippen molar-refractivity contribution in [2.24, 2.45) is 5.41 Å². The van der Waals surface area contributed by atoms with Gasteiger partial charge in [-0.2, -0.15) is 23.5 Å². The molecule has 16 nitrogen and oxygen atoms in total. The molecule has 312 valence electrons. The molecule has 2 N–H and O–H groups in total. The molecule has 0 aliphatic heterocycles. The fourth-order valence-electron chi connectivity index (χ4n) is 3.79. The van der Waals surface area contributed by atoms with E-state index in [4.69, 9.17) is 33.2 Å². The minimum Gasteiger partial charge on any atom is -0.465 e. The molecule has 2 amide bonds. The molecule has 0 fully saturated rings. The second-order valence-corrected chi connectivity index (χ2v) is 16.6. The summed E-state index contributed by atoms with van der Waals surface area (Å²) in [5.74, 6) is -0.616. The average Bonchev–Trinajstić information content (AvgIpc) is 3.06. The molecule has 18 heteroatoms. The summed E-state index contributed by atoms with van der Waals surface area (Å²) in [6.45, 7) is 14.0. The third kappa shape index (κ3) is 30.0. The highest BCUT2D eigenvalue weighted by Gasteiger charge is 2.34. The van der Waals surface area contributed by atoms with Crippen LogP contribution in [0.25, 0.3) is 0 Å². The van der Waals surface area contributed by atoms with Crippen LogP contribution < -0.4 is 10.6 Å². The molecule has 0 spiro atoms. The molecular formula is C36H62N2O14S2. The van der Waals surface area contributed by atoms with Crippen LogP contribution in [0.2, 0.25) is 0 Å². The Morgan fingerprint density at radius 1 is 0.481 bits per heavy atom. The van der Waals surface area contributed by atoms with Crippen molar-refractivity contribution in [2.75, 3.05) is 69.1 Å². The number of esters is 5. The average molecular weight is 811 g/mol. The highest BCUT2D eigenvalue weighted by molar-refractivity contribution is 7.99. The first kappa shape index (κ1) is 50.6. The lowest BCUT2D eigenvalue weighted by Gasteiger charge is -2.31. The summed E-state index contributed by atoms with van der Waals surface area (Å²) in [5, 5.41) is 5.00. The van der Waals surface area contributed by atoms with Gasteiger partial charge in [-0.05, 0) is 54.4 Å². The number of carbonyl (C=O) groups is 7. The second kappa shape index (κ2) is 28.1. The van der Waals surface area contributed by atoms with E-state index in [9.17, 15) is 33.6 Å². The fraction of sp³-hybridized carbons (Fsp3) is 0.806. The van der Waals surface area contributed by atoms with Crippen molar-refractivity contribution in [3.63, 3.8) is 0 Å². The molecular weight excluding hydrogens is 749 g/mol. The van der Waals surface area contributed by atoms with E-state index < -0.39 is 58.7 Å². The number of nitrogens with one attached hydrogen (secondary N) is 2. The van der Waals surface area contributed by atoms with Crippen LogP contribution in [0.4, 0.5) is 9.59 Å². The van der Waals surface area contributed by atoms with Gasteiger partial charge in [0.1, 0.15) is 44.2 Å². The van der Waals surface area contributed by atoms with Crippen LogP contribution in [0, 0.1) is 5.41 Å². The number of hydrogen-bond acceptors (Lipinski definition) is 16. The van der Waals surface area contributed by atoms with Gasteiger partial charge in [0.15, 0.2) is 0 Å². The molecule has 0 heterocycles. The van der Waals surface area contributed by atoms with E-state index in [1.807, 2.05) is 13.8 Å². The fourth-order valence-corrected chi connectivity index (χ4v) is 5.44. The number of amides is 2. The lowest BCUT2D eigenvalue weighted by Crippen LogP contribution is -2.39. The van der Waals surface area contributed by atoms with Crippen molar-refractivity contribution in [1.29, 1.82) is 0 Å². The Morgan fingerprint density at radius 2 is 0.796 bits per heavy atom. The van der Waals surface area contributed by atoms with E-state index in [-0.39, 0.29) is 78.2 Å². The van der Waals surface area contributed by atoms with Crippen molar-refractivity contribution in [3.05, 3.63) is 0 Å². The smallest absolute Gasteiger partial charge is 0.407 e. The third-order valence-corrected chi connectivity index (χ3v) is 8.66. The summed E-state index contributed by atoms with van der Waals surface area (Å²) in [4.78, 5) is 84.3. The predicted octanol–water partition coefficient (Wildman–Crippen LogP) is 4.98. The van der Waals surface area contributed by atoms with Gasteiger partial charge in [0.25, 0.3) is 0 Å². The van der Waals surface area contributed by atoms with Gasteiger partial charge in [0.2, 0.25) is 0 Å². The van der Waals surface area contributed by atoms with Gasteiger partial charge in [-0.15, -0.1) is 0 Å². The molecule has 0 aliphatic rings. The maximum Gasteiger partial charge on any atom is 0.407 e. The highest BCUT2D eigenvalue weighted by atomic mass is 32.2. The van der Waals surface area contributed by atoms with Crippen molar-refractivity contribution < 1.29 is 66.7 Å².